The quantitative estimate of drug-likeness (QED) is 0.608. The molecule has 2 aromatic carbocycles. The number of amides is 1. The molecule has 2 aromatic rings. The van der Waals surface area contributed by atoms with Crippen LogP contribution in [0, 0.1) is 11.3 Å². The number of carbonyl (C=O) groups is 1. The monoisotopic (exact) mass is 459 g/mol. The molecule has 1 saturated heterocycles. The van der Waals surface area contributed by atoms with Crippen LogP contribution >= 0.6 is 39.3 Å². The van der Waals surface area contributed by atoms with E-state index in [1.807, 2.05) is 48.5 Å². The molecule has 2 aliphatic heterocycles. The molecular weight excluding hydrogens is 446 g/mol. The number of nitrogens with zero attached hydrogens (tertiary/aromatic N) is 3. The van der Waals surface area contributed by atoms with E-state index >= 15 is 0 Å². The lowest BCUT2D eigenvalue weighted by atomic mass is 9.86. The van der Waals surface area contributed by atoms with E-state index in [0.717, 1.165) is 20.8 Å². The highest BCUT2D eigenvalue weighted by Crippen LogP contribution is 2.43. The number of halogens is 2. The number of fused-ring (bicyclic) bond motifs is 1. The Morgan fingerprint density at radius 1 is 1.22 bits per heavy atom. The number of hydrogen-bond donors (Lipinski definition) is 0. The molecule has 1 amide bonds. The lowest BCUT2D eigenvalue weighted by Gasteiger charge is -2.42. The van der Waals surface area contributed by atoms with Gasteiger partial charge >= 0.3 is 0 Å². The zero-order chi connectivity index (χ0) is 19.0. The van der Waals surface area contributed by atoms with E-state index in [1.54, 1.807) is 4.90 Å². The van der Waals surface area contributed by atoms with Crippen LogP contribution in [0.25, 0.3) is 0 Å². The molecule has 4 nitrogen and oxygen atoms in total. The molecule has 0 radical (unpaired) electrons. The molecule has 1 atom stereocenters. The number of allylic oxidation sites excluding steroid dienone is 1. The van der Waals surface area contributed by atoms with Crippen LogP contribution in [0.3, 0.4) is 0 Å². The topological polar surface area (TPSA) is 47.3 Å². The van der Waals surface area contributed by atoms with Gasteiger partial charge in [-0.15, -0.1) is 0 Å². The van der Waals surface area contributed by atoms with E-state index < -0.39 is 0 Å². The van der Waals surface area contributed by atoms with Crippen molar-refractivity contribution in [1.29, 1.82) is 5.26 Å². The van der Waals surface area contributed by atoms with Gasteiger partial charge in [0.2, 0.25) is 5.91 Å². The fraction of sp³-hybridized carbons (Fsp3) is 0.200. The SMILES string of the molecule is N#CC1=C2SCN(c3cccc(Cl)c3)CN2C(=O)CC1c1ccc(Br)cc1. The fourth-order valence-electron chi connectivity index (χ4n) is 3.38. The normalized spacial score (nSPS) is 19.7. The maximum atomic E-state index is 12.9. The van der Waals surface area contributed by atoms with Gasteiger partial charge < -0.3 is 4.90 Å². The van der Waals surface area contributed by atoms with E-state index in [4.69, 9.17) is 11.6 Å². The van der Waals surface area contributed by atoms with Crippen molar-refractivity contribution in [2.75, 3.05) is 17.4 Å². The molecule has 0 bridgehead atoms. The molecule has 2 aliphatic rings. The standard InChI is InChI=1S/C20H15BrClN3OS/c21-14-6-4-13(5-7-14)17-9-19(26)25-11-24(12-27-20(25)18(17)10-23)16-3-1-2-15(22)8-16/h1-8,17H,9,11-12H2. The molecule has 4 rings (SSSR count). The van der Waals surface area contributed by atoms with Crippen molar-refractivity contribution < 1.29 is 4.79 Å². The number of nitriles is 1. The van der Waals surface area contributed by atoms with Crippen LogP contribution in [-0.4, -0.2) is 23.4 Å². The number of rotatable bonds is 2. The Morgan fingerprint density at radius 2 is 2.00 bits per heavy atom. The highest BCUT2D eigenvalue weighted by molar-refractivity contribution is 9.10. The molecule has 0 saturated carbocycles. The van der Waals surface area contributed by atoms with Crippen molar-refractivity contribution in [2.24, 2.45) is 0 Å². The van der Waals surface area contributed by atoms with Crippen molar-refractivity contribution in [3.63, 3.8) is 0 Å². The predicted octanol–water partition coefficient (Wildman–Crippen LogP) is 5.32. The van der Waals surface area contributed by atoms with Crippen LogP contribution in [0.1, 0.15) is 17.9 Å². The van der Waals surface area contributed by atoms with Crippen molar-refractivity contribution in [1.82, 2.24) is 4.90 Å². The minimum absolute atomic E-state index is 0.0381. The molecule has 0 aromatic heterocycles. The van der Waals surface area contributed by atoms with Crippen molar-refractivity contribution in [3.8, 4) is 6.07 Å². The molecule has 136 valence electrons. The second-order valence-corrected chi connectivity index (χ2v) is 8.68. The van der Waals surface area contributed by atoms with Crippen LogP contribution in [0.4, 0.5) is 5.69 Å². The summed E-state index contributed by atoms with van der Waals surface area (Å²) in [6, 6.07) is 17.8. The summed E-state index contributed by atoms with van der Waals surface area (Å²) in [6.07, 6.45) is 0.304. The van der Waals surface area contributed by atoms with Gasteiger partial charge in [-0.1, -0.05) is 57.5 Å². The predicted molar refractivity (Wildman–Crippen MR) is 112 cm³/mol. The molecule has 0 aliphatic carbocycles. The zero-order valence-corrected chi connectivity index (χ0v) is 17.4. The molecule has 0 spiro atoms. The lowest BCUT2D eigenvalue weighted by molar-refractivity contribution is -0.129. The summed E-state index contributed by atoms with van der Waals surface area (Å²) in [5.41, 5.74) is 2.64. The summed E-state index contributed by atoms with van der Waals surface area (Å²) >= 11 is 11.1. The molecular formula is C20H15BrClN3OS. The van der Waals surface area contributed by atoms with Crippen molar-refractivity contribution in [2.45, 2.75) is 12.3 Å². The second-order valence-electron chi connectivity index (χ2n) is 6.40. The van der Waals surface area contributed by atoms with Gasteiger partial charge in [-0.3, -0.25) is 9.69 Å². The first-order valence-corrected chi connectivity index (χ1v) is 10.6. The van der Waals surface area contributed by atoms with Gasteiger partial charge in [0.1, 0.15) is 0 Å². The van der Waals surface area contributed by atoms with Gasteiger partial charge in [0.05, 0.1) is 29.2 Å². The highest BCUT2D eigenvalue weighted by atomic mass is 79.9. The number of anilines is 1. The molecule has 7 heteroatoms. The number of carbonyl (C=O) groups excluding carboxylic acids is 1. The number of hydrogen-bond acceptors (Lipinski definition) is 4. The fourth-order valence-corrected chi connectivity index (χ4v) is 4.99. The van der Waals surface area contributed by atoms with Crippen LogP contribution in [-0.2, 0) is 4.79 Å². The summed E-state index contributed by atoms with van der Waals surface area (Å²) in [4.78, 5) is 16.7. The third-order valence-electron chi connectivity index (χ3n) is 4.74. The van der Waals surface area contributed by atoms with Gasteiger partial charge in [-0.25, -0.2) is 0 Å². The largest absolute Gasteiger partial charge is 0.344 e. The zero-order valence-electron chi connectivity index (χ0n) is 14.2. The van der Waals surface area contributed by atoms with E-state index in [1.165, 1.54) is 11.8 Å². The van der Waals surface area contributed by atoms with E-state index in [-0.39, 0.29) is 11.8 Å². The Hall–Kier alpha value is -1.94. The Balaban J connectivity index is 1.66. The first-order chi connectivity index (χ1) is 13.1. The smallest absolute Gasteiger partial charge is 0.229 e. The summed E-state index contributed by atoms with van der Waals surface area (Å²) < 4.78 is 0.977. The first-order valence-electron chi connectivity index (χ1n) is 8.40. The van der Waals surface area contributed by atoms with Crippen LogP contribution in [0.5, 0.6) is 0 Å². The Morgan fingerprint density at radius 3 is 2.70 bits per heavy atom. The Kier molecular flexibility index (Phi) is 5.18. The second kappa shape index (κ2) is 7.59. The minimum Gasteiger partial charge on any atom is -0.344 e. The summed E-state index contributed by atoms with van der Waals surface area (Å²) in [6.45, 7) is 0.430. The van der Waals surface area contributed by atoms with E-state index in [0.29, 0.717) is 29.6 Å². The minimum atomic E-state index is -0.188. The number of benzene rings is 2. The molecule has 1 fully saturated rings. The number of thioether (sulfide) groups is 1. The van der Waals surface area contributed by atoms with Crippen LogP contribution in [0.2, 0.25) is 5.02 Å². The molecule has 0 N–H and O–H groups in total. The average molecular weight is 461 g/mol. The maximum Gasteiger partial charge on any atom is 0.229 e. The maximum absolute atomic E-state index is 12.9. The van der Waals surface area contributed by atoms with E-state index in [9.17, 15) is 10.1 Å². The van der Waals surface area contributed by atoms with Crippen LogP contribution < -0.4 is 4.90 Å². The highest BCUT2D eigenvalue weighted by Gasteiger charge is 2.38. The lowest BCUT2D eigenvalue weighted by Crippen LogP contribution is -2.47. The molecule has 27 heavy (non-hydrogen) atoms. The molecule has 1 unspecified atom stereocenters. The summed E-state index contributed by atoms with van der Waals surface area (Å²) in [5, 5.41) is 11.3. The van der Waals surface area contributed by atoms with Crippen molar-refractivity contribution >= 4 is 50.9 Å². The molecule has 2 heterocycles. The first kappa shape index (κ1) is 18.4. The Bertz CT molecular complexity index is 970. The van der Waals surface area contributed by atoms with E-state index in [2.05, 4.69) is 26.9 Å². The third kappa shape index (κ3) is 3.60. The van der Waals surface area contributed by atoms with Gasteiger partial charge in [0.15, 0.2) is 0 Å². The van der Waals surface area contributed by atoms with Gasteiger partial charge in [-0.05, 0) is 35.9 Å². The summed E-state index contributed by atoms with van der Waals surface area (Å²) in [5.74, 6) is 0.515. The third-order valence-corrected chi connectivity index (χ3v) is 6.66. The Labute approximate surface area is 175 Å². The van der Waals surface area contributed by atoms with Gasteiger partial charge in [0.25, 0.3) is 0 Å². The van der Waals surface area contributed by atoms with Crippen LogP contribution in [0.15, 0.2) is 63.6 Å². The summed E-state index contributed by atoms with van der Waals surface area (Å²) in [7, 11) is 0. The average Bonchev–Trinajstić information content (AvgIpc) is 2.68. The van der Waals surface area contributed by atoms with Gasteiger partial charge in [0, 0.05) is 27.5 Å². The van der Waals surface area contributed by atoms with Crippen molar-refractivity contribution in [3.05, 3.63) is 74.2 Å². The van der Waals surface area contributed by atoms with Gasteiger partial charge in [-0.2, -0.15) is 5.26 Å².